The Morgan fingerprint density at radius 2 is 1.69 bits per heavy atom. The maximum absolute atomic E-state index is 13.2. The number of esters is 1. The van der Waals surface area contributed by atoms with E-state index in [1.165, 1.54) is 12.1 Å². The summed E-state index contributed by atoms with van der Waals surface area (Å²) in [6.07, 6.45) is 4.81. The molecular formula is C28H33FN2O5. The number of halogens is 1. The van der Waals surface area contributed by atoms with Crippen LogP contribution in [0.5, 0.6) is 0 Å². The Balaban J connectivity index is 1.66. The Bertz CT molecular complexity index is 1030. The van der Waals surface area contributed by atoms with Gasteiger partial charge in [-0.2, -0.15) is 0 Å². The first-order valence-electron chi connectivity index (χ1n) is 12.2. The molecule has 7 nitrogen and oxygen atoms in total. The van der Waals surface area contributed by atoms with Gasteiger partial charge < -0.3 is 20.1 Å². The van der Waals surface area contributed by atoms with Crippen molar-refractivity contribution in [3.8, 4) is 0 Å². The lowest BCUT2D eigenvalue weighted by atomic mass is 9.94. The molecule has 0 saturated carbocycles. The van der Waals surface area contributed by atoms with Crippen molar-refractivity contribution in [1.29, 1.82) is 0 Å². The quantitative estimate of drug-likeness (QED) is 0.433. The average Bonchev–Trinajstić information content (AvgIpc) is 2.88. The van der Waals surface area contributed by atoms with Crippen LogP contribution in [0.2, 0.25) is 0 Å². The van der Waals surface area contributed by atoms with Crippen molar-refractivity contribution in [2.75, 3.05) is 26.3 Å². The molecule has 1 aliphatic heterocycles. The first-order chi connectivity index (χ1) is 17.5. The van der Waals surface area contributed by atoms with Gasteiger partial charge in [-0.3, -0.25) is 14.4 Å². The van der Waals surface area contributed by atoms with Crippen LogP contribution in [0.25, 0.3) is 0 Å². The minimum Gasteiger partial charge on any atom is -0.464 e. The second kappa shape index (κ2) is 14.1. The second-order valence-electron chi connectivity index (χ2n) is 8.85. The zero-order valence-electron chi connectivity index (χ0n) is 20.3. The zero-order chi connectivity index (χ0) is 25.8. The highest BCUT2D eigenvalue weighted by Crippen LogP contribution is 2.19. The van der Waals surface area contributed by atoms with E-state index in [1.54, 1.807) is 17.0 Å². The van der Waals surface area contributed by atoms with Gasteiger partial charge in [0.25, 0.3) is 0 Å². The van der Waals surface area contributed by atoms with Crippen molar-refractivity contribution in [2.45, 2.75) is 32.2 Å². The van der Waals surface area contributed by atoms with Crippen LogP contribution in [0.3, 0.4) is 0 Å². The number of benzene rings is 2. The summed E-state index contributed by atoms with van der Waals surface area (Å²) < 4.78 is 18.6. The van der Waals surface area contributed by atoms with Gasteiger partial charge >= 0.3 is 5.97 Å². The molecule has 8 heteroatoms. The number of hydrogen-bond acceptors (Lipinski definition) is 5. The molecule has 0 spiro atoms. The minimum atomic E-state index is -0.587. The summed E-state index contributed by atoms with van der Waals surface area (Å²) in [5, 5.41) is 12.2. The van der Waals surface area contributed by atoms with E-state index in [0.29, 0.717) is 25.8 Å². The predicted molar refractivity (Wildman–Crippen MR) is 133 cm³/mol. The molecule has 0 bridgehead atoms. The van der Waals surface area contributed by atoms with Crippen LogP contribution >= 0.6 is 0 Å². The lowest BCUT2D eigenvalue weighted by molar-refractivity contribution is -0.148. The number of hydrogen-bond donors (Lipinski definition) is 2. The summed E-state index contributed by atoms with van der Waals surface area (Å²) >= 11 is 0. The Morgan fingerprint density at radius 3 is 2.39 bits per heavy atom. The summed E-state index contributed by atoms with van der Waals surface area (Å²) in [7, 11) is 0. The summed E-state index contributed by atoms with van der Waals surface area (Å²) in [5.41, 5.74) is 1.77. The van der Waals surface area contributed by atoms with E-state index in [9.17, 15) is 23.9 Å². The maximum atomic E-state index is 13.2. The Morgan fingerprint density at radius 1 is 1.00 bits per heavy atom. The number of nitrogens with zero attached hydrogens (tertiary/aromatic N) is 1. The monoisotopic (exact) mass is 496 g/mol. The molecule has 0 aromatic heterocycles. The molecule has 2 aromatic rings. The molecular weight excluding hydrogens is 463 g/mol. The number of nitrogens with one attached hydrogen (secondary N) is 1. The molecule has 1 aliphatic rings. The van der Waals surface area contributed by atoms with Crippen molar-refractivity contribution in [3.05, 3.63) is 83.7 Å². The topological polar surface area (TPSA) is 95.9 Å². The van der Waals surface area contributed by atoms with Crippen molar-refractivity contribution < 1.29 is 28.6 Å². The molecule has 192 valence electrons. The average molecular weight is 497 g/mol. The summed E-state index contributed by atoms with van der Waals surface area (Å²) in [6.45, 7) is 0.534. The fourth-order valence-electron chi connectivity index (χ4n) is 4.12. The van der Waals surface area contributed by atoms with E-state index >= 15 is 0 Å². The van der Waals surface area contributed by atoms with Gasteiger partial charge in [0.2, 0.25) is 11.8 Å². The van der Waals surface area contributed by atoms with E-state index in [2.05, 4.69) is 5.32 Å². The molecule has 0 radical (unpaired) electrons. The number of ether oxygens (including phenoxy) is 1. The van der Waals surface area contributed by atoms with Gasteiger partial charge in [0.15, 0.2) is 0 Å². The highest BCUT2D eigenvalue weighted by molar-refractivity contribution is 5.86. The molecule has 0 saturated heterocycles. The predicted octanol–water partition coefficient (Wildman–Crippen LogP) is 3.02. The number of allylic oxidation sites excluding steroid dienone is 2. The minimum absolute atomic E-state index is 0.00179. The second-order valence-corrected chi connectivity index (χ2v) is 8.85. The number of aliphatic hydroxyl groups is 1. The third-order valence-electron chi connectivity index (χ3n) is 6.11. The van der Waals surface area contributed by atoms with Crippen molar-refractivity contribution in [2.24, 2.45) is 11.8 Å². The van der Waals surface area contributed by atoms with Gasteiger partial charge in [-0.05, 0) is 42.5 Å². The number of carbonyl (C=O) groups excluding carboxylic acids is 3. The largest absolute Gasteiger partial charge is 0.464 e. The number of carbonyl (C=O) groups is 3. The Labute approximate surface area is 210 Å². The normalized spacial score (nSPS) is 19.8. The van der Waals surface area contributed by atoms with Crippen LogP contribution in [0, 0.1) is 17.7 Å². The maximum Gasteiger partial charge on any atom is 0.309 e. The molecule has 3 rings (SSSR count). The molecule has 36 heavy (non-hydrogen) atoms. The van der Waals surface area contributed by atoms with E-state index in [1.807, 2.05) is 42.5 Å². The summed E-state index contributed by atoms with van der Waals surface area (Å²) in [5.74, 6) is -2.22. The van der Waals surface area contributed by atoms with E-state index in [4.69, 9.17) is 4.74 Å². The highest BCUT2D eigenvalue weighted by Gasteiger charge is 2.25. The van der Waals surface area contributed by atoms with Crippen LogP contribution in [0.15, 0.2) is 66.7 Å². The summed E-state index contributed by atoms with van der Waals surface area (Å²) in [6, 6.07) is 15.5. The smallest absolute Gasteiger partial charge is 0.309 e. The SMILES string of the molecule is O=C1NCCOC(=O)[C@@H](Cc2ccc(F)cc2)C/C=C\C[C@@H]1CC(=O)N(CCO)Cc1ccccc1. The number of cyclic esters (lactones) is 1. The third-order valence-corrected chi connectivity index (χ3v) is 6.11. The highest BCUT2D eigenvalue weighted by atomic mass is 19.1. The van der Waals surface area contributed by atoms with Crippen LogP contribution in [0.1, 0.15) is 30.4 Å². The van der Waals surface area contributed by atoms with Gasteiger partial charge in [-0.15, -0.1) is 0 Å². The van der Waals surface area contributed by atoms with Crippen molar-refractivity contribution in [3.63, 3.8) is 0 Å². The Kier molecular flexibility index (Phi) is 10.6. The first kappa shape index (κ1) is 27.1. The van der Waals surface area contributed by atoms with Crippen LogP contribution < -0.4 is 5.32 Å². The van der Waals surface area contributed by atoms with Crippen LogP contribution in [-0.2, 0) is 32.1 Å². The Hall–Kier alpha value is -3.52. The standard InChI is InChI=1S/C28H33FN2O5/c29-25-12-10-21(11-13-25)18-24-9-5-4-8-23(27(34)30-14-17-36-28(24)35)19-26(33)31(15-16-32)20-22-6-2-1-3-7-22/h1-7,10-13,23-24,32H,8-9,14-20H2,(H,30,34)/b5-4-/t23-,24-/m1/s1. The molecule has 2 amide bonds. The number of aliphatic hydroxyl groups excluding tert-OH is 1. The fraction of sp³-hybridized carbons (Fsp3) is 0.393. The van der Waals surface area contributed by atoms with Gasteiger partial charge in [0, 0.05) is 19.5 Å². The number of rotatable bonds is 8. The fourth-order valence-corrected chi connectivity index (χ4v) is 4.12. The third kappa shape index (κ3) is 8.61. The lowest BCUT2D eigenvalue weighted by Gasteiger charge is -2.24. The van der Waals surface area contributed by atoms with Crippen LogP contribution in [0.4, 0.5) is 4.39 Å². The van der Waals surface area contributed by atoms with Gasteiger partial charge in [-0.25, -0.2) is 4.39 Å². The molecule has 0 unspecified atom stereocenters. The van der Waals surface area contributed by atoms with Gasteiger partial charge in [0.1, 0.15) is 12.4 Å². The van der Waals surface area contributed by atoms with Crippen LogP contribution in [-0.4, -0.2) is 54.1 Å². The lowest BCUT2D eigenvalue weighted by Crippen LogP contribution is -2.39. The van der Waals surface area contributed by atoms with Gasteiger partial charge in [0.05, 0.1) is 25.0 Å². The first-order valence-corrected chi connectivity index (χ1v) is 12.2. The molecule has 2 N–H and O–H groups in total. The zero-order valence-corrected chi connectivity index (χ0v) is 20.3. The number of amides is 2. The molecule has 2 aromatic carbocycles. The van der Waals surface area contributed by atoms with Crippen molar-refractivity contribution in [1.82, 2.24) is 10.2 Å². The summed E-state index contributed by atoms with van der Waals surface area (Å²) in [4.78, 5) is 40.0. The van der Waals surface area contributed by atoms with E-state index in [-0.39, 0.29) is 56.3 Å². The molecule has 2 atom stereocenters. The van der Waals surface area contributed by atoms with Crippen molar-refractivity contribution >= 4 is 17.8 Å². The van der Waals surface area contributed by atoms with Gasteiger partial charge in [-0.1, -0.05) is 54.6 Å². The molecule has 0 fully saturated rings. The molecule has 1 heterocycles. The molecule has 0 aliphatic carbocycles. The van der Waals surface area contributed by atoms with E-state index in [0.717, 1.165) is 11.1 Å². The van der Waals surface area contributed by atoms with E-state index < -0.39 is 11.8 Å².